The van der Waals surface area contributed by atoms with Crippen LogP contribution in [0.25, 0.3) is 0 Å². The van der Waals surface area contributed by atoms with E-state index in [1.165, 1.54) is 0 Å². The lowest BCUT2D eigenvalue weighted by molar-refractivity contribution is 0.130. The molecule has 0 amide bonds. The van der Waals surface area contributed by atoms with Gasteiger partial charge < -0.3 is 25.1 Å². The Morgan fingerprint density at radius 1 is 1.11 bits per heavy atom. The van der Waals surface area contributed by atoms with Crippen molar-refractivity contribution in [1.29, 1.82) is 0 Å². The Bertz CT molecular complexity index is 432. The molecule has 108 valence electrons. The summed E-state index contributed by atoms with van der Waals surface area (Å²) in [5.41, 5.74) is 6.55. The fourth-order valence-electron chi connectivity index (χ4n) is 1.89. The van der Waals surface area contributed by atoms with Gasteiger partial charge in [0.25, 0.3) is 0 Å². The Morgan fingerprint density at radius 3 is 2.11 bits per heavy atom. The van der Waals surface area contributed by atoms with Crippen LogP contribution in [0.1, 0.15) is 25.5 Å². The van der Waals surface area contributed by atoms with E-state index >= 15 is 0 Å². The number of hydrogen-bond acceptors (Lipinski definition) is 5. The van der Waals surface area contributed by atoms with Gasteiger partial charge in [0, 0.05) is 23.6 Å². The molecule has 0 spiro atoms. The molecule has 0 aliphatic heterocycles. The van der Waals surface area contributed by atoms with Crippen LogP contribution in [-0.2, 0) is 0 Å². The molecule has 1 atom stereocenters. The van der Waals surface area contributed by atoms with Crippen molar-refractivity contribution in [2.24, 2.45) is 11.1 Å². The molecule has 19 heavy (non-hydrogen) atoms. The number of ether oxygens (including phenoxy) is 3. The van der Waals surface area contributed by atoms with Gasteiger partial charge in [-0.05, 0) is 12.1 Å². The van der Waals surface area contributed by atoms with Gasteiger partial charge in [0.2, 0.25) is 5.75 Å². The molecule has 0 radical (unpaired) electrons. The first-order valence-corrected chi connectivity index (χ1v) is 6.08. The molecular weight excluding hydrogens is 246 g/mol. The Balaban J connectivity index is 3.36. The van der Waals surface area contributed by atoms with E-state index in [9.17, 15) is 5.11 Å². The molecule has 0 heterocycles. The normalized spacial score (nSPS) is 13.0. The number of nitrogens with two attached hydrogens (primary N) is 1. The summed E-state index contributed by atoms with van der Waals surface area (Å²) in [5.74, 6) is 1.62. The van der Waals surface area contributed by atoms with Crippen LogP contribution in [0.15, 0.2) is 12.1 Å². The van der Waals surface area contributed by atoms with Crippen LogP contribution < -0.4 is 19.9 Å². The summed E-state index contributed by atoms with van der Waals surface area (Å²) in [6.45, 7) is 3.77. The molecule has 0 aliphatic carbocycles. The van der Waals surface area contributed by atoms with E-state index in [-0.39, 0.29) is 12.6 Å². The summed E-state index contributed by atoms with van der Waals surface area (Å²) >= 11 is 0. The SMILES string of the molecule is COc1ccc([C@@H](N)C(C)(C)CO)c(OC)c1OC. The van der Waals surface area contributed by atoms with Crippen LogP contribution in [-0.4, -0.2) is 33.0 Å². The molecule has 0 saturated carbocycles. The second-order valence-corrected chi connectivity index (χ2v) is 5.05. The summed E-state index contributed by atoms with van der Waals surface area (Å²) in [7, 11) is 4.67. The van der Waals surface area contributed by atoms with Gasteiger partial charge in [-0.3, -0.25) is 0 Å². The zero-order valence-electron chi connectivity index (χ0n) is 12.2. The first-order chi connectivity index (χ1) is 8.92. The lowest BCUT2D eigenvalue weighted by atomic mass is 9.81. The average molecular weight is 269 g/mol. The molecule has 1 aromatic carbocycles. The number of hydrogen-bond donors (Lipinski definition) is 2. The molecule has 0 fully saturated rings. The highest BCUT2D eigenvalue weighted by atomic mass is 16.5. The molecule has 5 heteroatoms. The summed E-state index contributed by atoms with van der Waals surface area (Å²) in [6, 6.07) is 3.24. The molecular formula is C14H23NO4. The Kier molecular flexibility index (Phi) is 5.03. The predicted octanol–water partition coefficient (Wildman–Crippen LogP) is 1.73. The topological polar surface area (TPSA) is 73.9 Å². The van der Waals surface area contributed by atoms with Crippen molar-refractivity contribution < 1.29 is 19.3 Å². The molecule has 1 rings (SSSR count). The van der Waals surface area contributed by atoms with Crippen LogP contribution in [0.5, 0.6) is 17.2 Å². The zero-order chi connectivity index (χ0) is 14.6. The standard InChI is InChI=1S/C14H23NO4/c1-14(2,8-16)13(15)9-6-7-10(17-3)12(19-5)11(9)18-4/h6-7,13,16H,8,15H2,1-5H3/t13-/m1/s1. The maximum absolute atomic E-state index is 9.44. The Hall–Kier alpha value is -1.46. The van der Waals surface area contributed by atoms with Crippen LogP contribution >= 0.6 is 0 Å². The van der Waals surface area contributed by atoms with E-state index < -0.39 is 5.41 Å². The first-order valence-electron chi connectivity index (χ1n) is 6.08. The van der Waals surface area contributed by atoms with Gasteiger partial charge in [-0.25, -0.2) is 0 Å². The van der Waals surface area contributed by atoms with Crippen molar-refractivity contribution in [2.45, 2.75) is 19.9 Å². The predicted molar refractivity (Wildman–Crippen MR) is 73.9 cm³/mol. The number of benzene rings is 1. The summed E-state index contributed by atoms with van der Waals surface area (Å²) < 4.78 is 16.0. The van der Waals surface area contributed by atoms with Gasteiger partial charge in [0.1, 0.15) is 0 Å². The molecule has 5 nitrogen and oxygen atoms in total. The molecule has 0 saturated heterocycles. The van der Waals surface area contributed by atoms with Crippen molar-refractivity contribution in [1.82, 2.24) is 0 Å². The second-order valence-electron chi connectivity index (χ2n) is 5.05. The maximum Gasteiger partial charge on any atom is 0.203 e. The lowest BCUT2D eigenvalue weighted by Gasteiger charge is -2.31. The van der Waals surface area contributed by atoms with E-state index in [1.54, 1.807) is 27.4 Å². The third kappa shape index (κ3) is 2.93. The average Bonchev–Trinajstić information content (AvgIpc) is 2.44. The van der Waals surface area contributed by atoms with Crippen LogP contribution in [0.4, 0.5) is 0 Å². The lowest BCUT2D eigenvalue weighted by Crippen LogP contribution is -2.32. The largest absolute Gasteiger partial charge is 0.493 e. The van der Waals surface area contributed by atoms with Crippen molar-refractivity contribution in [3.63, 3.8) is 0 Å². The van der Waals surface area contributed by atoms with Crippen molar-refractivity contribution >= 4 is 0 Å². The third-order valence-electron chi connectivity index (χ3n) is 3.32. The highest BCUT2D eigenvalue weighted by molar-refractivity contribution is 5.56. The smallest absolute Gasteiger partial charge is 0.203 e. The van der Waals surface area contributed by atoms with Gasteiger partial charge in [-0.1, -0.05) is 13.8 Å². The van der Waals surface area contributed by atoms with Crippen LogP contribution in [0.2, 0.25) is 0 Å². The highest BCUT2D eigenvalue weighted by Crippen LogP contribution is 2.45. The van der Waals surface area contributed by atoms with E-state index in [4.69, 9.17) is 19.9 Å². The number of methoxy groups -OCH3 is 3. The van der Waals surface area contributed by atoms with Gasteiger partial charge in [0.05, 0.1) is 21.3 Å². The van der Waals surface area contributed by atoms with Crippen LogP contribution in [0.3, 0.4) is 0 Å². The van der Waals surface area contributed by atoms with Gasteiger partial charge in [-0.2, -0.15) is 0 Å². The number of rotatable bonds is 6. The van der Waals surface area contributed by atoms with Crippen molar-refractivity contribution in [2.75, 3.05) is 27.9 Å². The van der Waals surface area contributed by atoms with E-state index in [1.807, 2.05) is 19.9 Å². The fraction of sp³-hybridized carbons (Fsp3) is 0.571. The minimum absolute atomic E-state index is 0.0222. The van der Waals surface area contributed by atoms with Crippen molar-refractivity contribution in [3.05, 3.63) is 17.7 Å². The first kappa shape index (κ1) is 15.6. The van der Waals surface area contributed by atoms with Crippen molar-refractivity contribution in [3.8, 4) is 17.2 Å². The van der Waals surface area contributed by atoms with Gasteiger partial charge in [-0.15, -0.1) is 0 Å². The zero-order valence-corrected chi connectivity index (χ0v) is 12.2. The summed E-state index contributed by atoms with van der Waals surface area (Å²) in [4.78, 5) is 0. The quantitative estimate of drug-likeness (QED) is 0.822. The van der Waals surface area contributed by atoms with Gasteiger partial charge >= 0.3 is 0 Å². The van der Waals surface area contributed by atoms with Gasteiger partial charge in [0.15, 0.2) is 11.5 Å². The molecule has 0 aromatic heterocycles. The fourth-order valence-corrected chi connectivity index (χ4v) is 1.89. The molecule has 1 aromatic rings. The summed E-state index contributed by atoms with van der Waals surface area (Å²) in [6.07, 6.45) is 0. The minimum atomic E-state index is -0.465. The minimum Gasteiger partial charge on any atom is -0.493 e. The Morgan fingerprint density at radius 2 is 1.68 bits per heavy atom. The Labute approximate surface area is 114 Å². The summed E-state index contributed by atoms with van der Waals surface area (Å²) in [5, 5.41) is 9.44. The number of aliphatic hydroxyl groups is 1. The molecule has 0 aliphatic rings. The van der Waals surface area contributed by atoms with E-state index in [2.05, 4.69) is 0 Å². The monoisotopic (exact) mass is 269 g/mol. The molecule has 0 unspecified atom stereocenters. The maximum atomic E-state index is 9.44. The third-order valence-corrected chi connectivity index (χ3v) is 3.32. The van der Waals surface area contributed by atoms with E-state index in [0.717, 1.165) is 5.56 Å². The highest BCUT2D eigenvalue weighted by Gasteiger charge is 2.31. The van der Waals surface area contributed by atoms with Crippen LogP contribution in [0, 0.1) is 5.41 Å². The van der Waals surface area contributed by atoms with E-state index in [0.29, 0.717) is 17.2 Å². The molecule has 0 bridgehead atoms. The number of aliphatic hydroxyl groups excluding tert-OH is 1. The second kappa shape index (κ2) is 6.12. The molecule has 3 N–H and O–H groups in total.